The van der Waals surface area contributed by atoms with E-state index in [-0.39, 0.29) is 6.92 Å². The van der Waals surface area contributed by atoms with Gasteiger partial charge in [0.15, 0.2) is 6.67 Å². The van der Waals surface area contributed by atoms with Crippen LogP contribution in [0.15, 0.2) is 0 Å². The maximum absolute atomic E-state index is 11.9. The summed E-state index contributed by atoms with van der Waals surface area (Å²) in [6.45, 7) is -1.34. The van der Waals surface area contributed by atoms with Gasteiger partial charge in [0.1, 0.15) is 0 Å². The Labute approximate surface area is 60.1 Å². The first kappa shape index (κ1) is 9.93. The minimum absolute atomic E-state index is 0.251. The summed E-state index contributed by atoms with van der Waals surface area (Å²) in [7, 11) is 0. The number of halogens is 3. The van der Waals surface area contributed by atoms with Crippen LogP contribution in [0, 0.1) is 0 Å². The number of esters is 2. The van der Waals surface area contributed by atoms with Gasteiger partial charge in [0.05, 0.1) is 0 Å². The lowest BCUT2D eigenvalue weighted by Gasteiger charge is -2.06. The Morgan fingerprint density at radius 3 is 2.18 bits per heavy atom. The van der Waals surface area contributed by atoms with Gasteiger partial charge in [0.2, 0.25) is 0 Å². The molecule has 0 aromatic rings. The summed E-state index contributed by atoms with van der Waals surface area (Å²) in [5.41, 5.74) is 0. The number of carbonyl (C=O) groups is 2. The Bertz CT molecular complexity index is 172. The van der Waals surface area contributed by atoms with E-state index in [9.17, 15) is 22.8 Å². The second kappa shape index (κ2) is 3.36. The van der Waals surface area contributed by atoms with Crippen LogP contribution in [-0.4, -0.2) is 24.5 Å². The molecule has 0 aromatic heterocycles. The molecule has 0 saturated heterocycles. The van der Waals surface area contributed by atoms with E-state index in [4.69, 9.17) is 0 Å². The fourth-order valence-corrected chi connectivity index (χ4v) is 0.220. The van der Waals surface area contributed by atoms with Crippen molar-refractivity contribution in [3.05, 3.63) is 0 Å². The van der Waals surface area contributed by atoms with Gasteiger partial charge in [-0.05, 0) is 0 Å². The molecule has 0 bridgehead atoms. The van der Waals surface area contributed by atoms with Crippen LogP contribution in [0.5, 0.6) is 0 Å². The average Bonchev–Trinajstić information content (AvgIpc) is 1.85. The van der Waals surface area contributed by atoms with Crippen molar-refractivity contribution in [2.75, 3.05) is 6.67 Å². The number of rotatable bonds is 2. The Kier molecular flexibility index (Phi) is 3.03. The molecule has 0 aliphatic heterocycles. The Hall–Kier alpha value is -1.07. The van der Waals surface area contributed by atoms with Crippen LogP contribution in [0.1, 0.15) is 6.92 Å². The molecule has 6 heteroatoms. The van der Waals surface area contributed by atoms with E-state index in [1.54, 1.807) is 0 Å². The molecule has 0 fully saturated rings. The molecule has 0 N–H and O–H groups in total. The molecule has 0 heterocycles. The topological polar surface area (TPSA) is 43.4 Å². The standard InChI is InChI=1S/C5H5F3O3/c1-5(7,8)4(10)11-3(9)2-6/h2H2,1H3. The monoisotopic (exact) mass is 170 g/mol. The summed E-state index contributed by atoms with van der Waals surface area (Å²) in [6, 6.07) is 0. The number of carbonyl (C=O) groups excluding carboxylic acids is 2. The Morgan fingerprint density at radius 1 is 1.45 bits per heavy atom. The number of hydrogen-bond donors (Lipinski definition) is 0. The quantitative estimate of drug-likeness (QED) is 0.452. The van der Waals surface area contributed by atoms with Crippen molar-refractivity contribution in [3.63, 3.8) is 0 Å². The molecule has 0 aliphatic rings. The zero-order valence-electron chi connectivity index (χ0n) is 5.57. The summed E-state index contributed by atoms with van der Waals surface area (Å²) in [4.78, 5) is 20.0. The number of ether oxygens (including phenoxy) is 1. The zero-order valence-corrected chi connectivity index (χ0v) is 5.57. The third-order valence-electron chi connectivity index (χ3n) is 0.674. The lowest BCUT2D eigenvalue weighted by Crippen LogP contribution is -2.29. The molecule has 0 aromatic carbocycles. The van der Waals surface area contributed by atoms with Gasteiger partial charge >= 0.3 is 17.9 Å². The minimum Gasteiger partial charge on any atom is -0.387 e. The van der Waals surface area contributed by atoms with E-state index < -0.39 is 24.5 Å². The van der Waals surface area contributed by atoms with Crippen molar-refractivity contribution in [2.45, 2.75) is 12.8 Å². The van der Waals surface area contributed by atoms with Crippen molar-refractivity contribution >= 4 is 11.9 Å². The van der Waals surface area contributed by atoms with Gasteiger partial charge in [-0.25, -0.2) is 14.0 Å². The average molecular weight is 170 g/mol. The second-order valence-corrected chi connectivity index (χ2v) is 1.78. The highest BCUT2D eigenvalue weighted by molar-refractivity contribution is 5.89. The zero-order chi connectivity index (χ0) is 9.07. The number of alkyl halides is 3. The normalized spacial score (nSPS) is 10.9. The van der Waals surface area contributed by atoms with Gasteiger partial charge in [0.25, 0.3) is 0 Å². The smallest absolute Gasteiger partial charge is 0.384 e. The summed E-state index contributed by atoms with van der Waals surface area (Å²) >= 11 is 0. The van der Waals surface area contributed by atoms with Crippen LogP contribution >= 0.6 is 0 Å². The van der Waals surface area contributed by atoms with E-state index in [1.807, 2.05) is 0 Å². The molecule has 0 radical (unpaired) electrons. The van der Waals surface area contributed by atoms with Crippen LogP contribution in [0.4, 0.5) is 13.2 Å². The Balaban J connectivity index is 3.99. The SMILES string of the molecule is CC(F)(F)C(=O)OC(=O)CF. The van der Waals surface area contributed by atoms with Crippen molar-refractivity contribution in [1.82, 2.24) is 0 Å². The van der Waals surface area contributed by atoms with Crippen molar-refractivity contribution in [2.24, 2.45) is 0 Å². The molecule has 11 heavy (non-hydrogen) atoms. The van der Waals surface area contributed by atoms with Crippen molar-refractivity contribution in [1.29, 1.82) is 0 Å². The largest absolute Gasteiger partial charge is 0.387 e. The maximum atomic E-state index is 11.9. The maximum Gasteiger partial charge on any atom is 0.384 e. The predicted molar refractivity (Wildman–Crippen MR) is 27.7 cm³/mol. The number of hydrogen-bond acceptors (Lipinski definition) is 3. The third kappa shape index (κ3) is 3.59. The molecule has 0 aliphatic carbocycles. The first-order valence-corrected chi connectivity index (χ1v) is 2.57. The molecule has 0 spiro atoms. The molecule has 0 rings (SSSR count). The summed E-state index contributed by atoms with van der Waals surface area (Å²) in [5.74, 6) is -7.41. The molecule has 0 saturated carbocycles. The van der Waals surface area contributed by atoms with Gasteiger partial charge in [-0.3, -0.25) is 0 Å². The van der Waals surface area contributed by atoms with Crippen molar-refractivity contribution in [3.8, 4) is 0 Å². The minimum atomic E-state index is -3.76. The highest BCUT2D eigenvalue weighted by Gasteiger charge is 2.35. The second-order valence-electron chi connectivity index (χ2n) is 1.78. The summed E-state index contributed by atoms with van der Waals surface area (Å²) in [6.07, 6.45) is 0. The van der Waals surface area contributed by atoms with E-state index in [1.165, 1.54) is 0 Å². The molecule has 64 valence electrons. The summed E-state index contributed by atoms with van der Waals surface area (Å²) in [5, 5.41) is 0. The lowest BCUT2D eigenvalue weighted by atomic mass is 10.4. The first-order valence-electron chi connectivity index (χ1n) is 2.57. The van der Waals surface area contributed by atoms with Gasteiger partial charge < -0.3 is 4.74 Å². The molecular formula is C5H5F3O3. The van der Waals surface area contributed by atoms with Gasteiger partial charge in [-0.2, -0.15) is 8.78 Å². The van der Waals surface area contributed by atoms with E-state index in [0.717, 1.165) is 0 Å². The van der Waals surface area contributed by atoms with Crippen LogP contribution in [0.25, 0.3) is 0 Å². The van der Waals surface area contributed by atoms with E-state index >= 15 is 0 Å². The lowest BCUT2D eigenvalue weighted by molar-refractivity contribution is -0.177. The van der Waals surface area contributed by atoms with Gasteiger partial charge in [-0.1, -0.05) is 0 Å². The van der Waals surface area contributed by atoms with Gasteiger partial charge in [0, 0.05) is 6.92 Å². The third-order valence-corrected chi connectivity index (χ3v) is 0.674. The van der Waals surface area contributed by atoms with Crippen molar-refractivity contribution < 1.29 is 27.5 Å². The van der Waals surface area contributed by atoms with E-state index in [0.29, 0.717) is 0 Å². The van der Waals surface area contributed by atoms with E-state index in [2.05, 4.69) is 4.74 Å². The highest BCUT2D eigenvalue weighted by atomic mass is 19.3. The molecule has 0 amide bonds. The van der Waals surface area contributed by atoms with Crippen LogP contribution in [0.2, 0.25) is 0 Å². The molecule has 0 atom stereocenters. The fourth-order valence-electron chi connectivity index (χ4n) is 0.220. The predicted octanol–water partition coefficient (Wildman–Crippen LogP) is 0.681. The van der Waals surface area contributed by atoms with Crippen LogP contribution < -0.4 is 0 Å². The van der Waals surface area contributed by atoms with Crippen LogP contribution in [-0.2, 0) is 14.3 Å². The fraction of sp³-hybridized carbons (Fsp3) is 0.600. The molecule has 3 nitrogen and oxygen atoms in total. The molecule has 0 unspecified atom stereocenters. The molecular weight excluding hydrogens is 165 g/mol. The van der Waals surface area contributed by atoms with Crippen LogP contribution in [0.3, 0.4) is 0 Å². The van der Waals surface area contributed by atoms with Gasteiger partial charge in [-0.15, -0.1) is 0 Å². The Morgan fingerprint density at radius 2 is 1.91 bits per heavy atom. The summed E-state index contributed by atoms with van der Waals surface area (Å²) < 4.78 is 38.4. The first-order chi connectivity index (χ1) is 4.88. The highest BCUT2D eigenvalue weighted by Crippen LogP contribution is 2.13.